The van der Waals surface area contributed by atoms with Gasteiger partial charge in [0.25, 0.3) is 0 Å². The molecule has 0 amide bonds. The van der Waals surface area contributed by atoms with Gasteiger partial charge < -0.3 is 0 Å². The number of hydrogen-bond donors (Lipinski definition) is 1. The summed E-state index contributed by atoms with van der Waals surface area (Å²) in [6, 6.07) is 1.31. The fraction of sp³-hybridized carbons (Fsp3) is 0.727. The zero-order valence-corrected chi connectivity index (χ0v) is 33.1. The van der Waals surface area contributed by atoms with Crippen LogP contribution in [-0.4, -0.2) is 54.9 Å². The molecule has 5 nitrogen and oxygen atoms in total. The first-order chi connectivity index (χ1) is 19.0. The first kappa shape index (κ1) is 38.5. The van der Waals surface area contributed by atoms with Crippen LogP contribution in [0.15, 0.2) is 26.9 Å². The van der Waals surface area contributed by atoms with Crippen LogP contribution in [0.3, 0.4) is 0 Å². The van der Waals surface area contributed by atoms with Gasteiger partial charge >= 0.3 is 260 Å². The Labute approximate surface area is 259 Å². The van der Waals surface area contributed by atoms with Crippen LogP contribution in [0, 0.1) is 20.8 Å². The third-order valence-electron chi connectivity index (χ3n) is 8.98. The Kier molecular flexibility index (Phi) is 16.0. The Bertz CT molecular complexity index is 1110. The maximum absolute atomic E-state index is 13.9. The van der Waals surface area contributed by atoms with E-state index in [0.717, 1.165) is 5.56 Å². The molecule has 1 aromatic rings. The Hall–Kier alpha value is -0.574. The predicted octanol–water partition coefficient (Wildman–Crippen LogP) is 9.39. The number of sulfonamides is 1. The molecule has 0 heterocycles. The van der Waals surface area contributed by atoms with Crippen molar-refractivity contribution in [3.63, 3.8) is 0 Å². The van der Waals surface area contributed by atoms with Crippen molar-refractivity contribution in [3.05, 3.63) is 38.7 Å². The molecule has 0 aliphatic rings. The SMILES string of the molecule is CCC[CH2][Sn]([CH]=C=C[C@H](CO[Si](C)(C)C(C)(C)C)NS(=O)(=O)c1c(C)cc(OC)c(C)c1C)([CH2]CCC)[CH2]CCC. The minimum absolute atomic E-state index is 0.0301. The molecule has 0 aliphatic heterocycles. The van der Waals surface area contributed by atoms with Crippen LogP contribution >= 0.6 is 0 Å². The summed E-state index contributed by atoms with van der Waals surface area (Å²) in [5.41, 5.74) is 5.82. The molecule has 1 N–H and O–H groups in total. The van der Waals surface area contributed by atoms with Gasteiger partial charge in [-0.15, -0.1) is 0 Å². The van der Waals surface area contributed by atoms with Crippen molar-refractivity contribution in [3.8, 4) is 5.75 Å². The Morgan fingerprint density at radius 1 is 0.976 bits per heavy atom. The van der Waals surface area contributed by atoms with E-state index in [1.54, 1.807) is 7.11 Å². The Balaban J connectivity index is 3.57. The van der Waals surface area contributed by atoms with Crippen LogP contribution in [0.1, 0.15) is 96.8 Å². The summed E-state index contributed by atoms with van der Waals surface area (Å²) in [4.78, 5) is 0.327. The summed E-state index contributed by atoms with van der Waals surface area (Å²) in [5, 5.41) is 0.0301. The van der Waals surface area contributed by atoms with Crippen molar-refractivity contribution >= 4 is 36.7 Å². The standard InChI is InChI=1S/C21H34NO4SSi.3C4H9.Sn/c1-11-12-18(14-26-28(9,10)21(5,6)7)22-27(23,24)20-15(2)13-19(25-8)16(3)17(20)4;3*1-3-4-2;/h1,12-13,18,22H,14H2,2-10H3;3*1,3-4H2,2H3;/t11?,18-;;;;/m1..../s1. The first-order valence-electron chi connectivity index (χ1n) is 15.8. The second-order valence-electron chi connectivity index (χ2n) is 13.4. The maximum atomic E-state index is 13.9. The number of nitrogens with one attached hydrogen (secondary N) is 1. The number of ether oxygens (including phenoxy) is 1. The Morgan fingerprint density at radius 3 is 1.93 bits per heavy atom. The molecule has 0 aromatic heterocycles. The molecular weight excluding hydrogens is 653 g/mol. The molecule has 0 unspecified atom stereocenters. The zero-order valence-electron chi connectivity index (χ0n) is 28.4. The van der Waals surface area contributed by atoms with Gasteiger partial charge in [-0.3, -0.25) is 0 Å². The monoisotopic (exact) mass is 715 g/mol. The molecular formula is C33H61NO4SSiSn. The fourth-order valence-corrected chi connectivity index (χ4v) is 21.5. The summed E-state index contributed by atoms with van der Waals surface area (Å²) < 4.78 is 49.4. The van der Waals surface area contributed by atoms with Crippen molar-refractivity contribution < 1.29 is 17.6 Å². The molecule has 0 fully saturated rings. The first-order valence-corrected chi connectivity index (χ1v) is 27.8. The number of hydrogen-bond acceptors (Lipinski definition) is 4. The number of methoxy groups -OCH3 is 1. The third-order valence-corrected chi connectivity index (χ3v) is 29.0. The van der Waals surface area contributed by atoms with Crippen molar-refractivity contribution in [1.82, 2.24) is 4.72 Å². The average Bonchev–Trinajstić information content (AvgIpc) is 2.88. The molecule has 1 rings (SSSR count). The van der Waals surface area contributed by atoms with Gasteiger partial charge in [0.1, 0.15) is 0 Å². The molecule has 0 radical (unpaired) electrons. The molecule has 0 spiro atoms. The van der Waals surface area contributed by atoms with Crippen LogP contribution in [0.25, 0.3) is 0 Å². The molecule has 1 aromatic carbocycles. The topological polar surface area (TPSA) is 64.6 Å². The van der Waals surface area contributed by atoms with Gasteiger partial charge in [-0.25, -0.2) is 0 Å². The second-order valence-corrected chi connectivity index (χ2v) is 32.8. The van der Waals surface area contributed by atoms with Crippen LogP contribution in [0.2, 0.25) is 31.4 Å². The van der Waals surface area contributed by atoms with Crippen LogP contribution in [0.4, 0.5) is 0 Å². The molecule has 236 valence electrons. The van der Waals surface area contributed by atoms with Gasteiger partial charge in [-0.1, -0.05) is 0 Å². The van der Waals surface area contributed by atoms with E-state index in [4.69, 9.17) is 9.16 Å². The molecule has 1 atom stereocenters. The second kappa shape index (κ2) is 17.1. The van der Waals surface area contributed by atoms with Gasteiger partial charge in [0.05, 0.1) is 0 Å². The normalized spacial score (nSPS) is 13.6. The van der Waals surface area contributed by atoms with Gasteiger partial charge in [-0.2, -0.15) is 0 Å². The summed E-state index contributed by atoms with van der Waals surface area (Å²) >= 11 is -2.57. The van der Waals surface area contributed by atoms with E-state index in [1.807, 2.05) is 32.9 Å². The van der Waals surface area contributed by atoms with Crippen LogP contribution < -0.4 is 9.46 Å². The van der Waals surface area contributed by atoms with E-state index >= 15 is 0 Å². The molecule has 0 saturated heterocycles. The average molecular weight is 715 g/mol. The van der Waals surface area contributed by atoms with Crippen LogP contribution in [-0.2, 0) is 14.4 Å². The molecule has 0 bridgehead atoms. The summed E-state index contributed by atoms with van der Waals surface area (Å²) in [6.45, 7) is 23.8. The van der Waals surface area contributed by atoms with Gasteiger partial charge in [0.2, 0.25) is 0 Å². The van der Waals surface area contributed by atoms with E-state index < -0.39 is 42.8 Å². The molecule has 41 heavy (non-hydrogen) atoms. The van der Waals surface area contributed by atoms with Crippen LogP contribution in [0.5, 0.6) is 5.75 Å². The number of unbranched alkanes of at least 4 members (excludes halogenated alkanes) is 3. The van der Waals surface area contributed by atoms with Crippen molar-refractivity contribution in [2.75, 3.05) is 13.7 Å². The van der Waals surface area contributed by atoms with Crippen molar-refractivity contribution in [2.45, 2.75) is 143 Å². The summed E-state index contributed by atoms with van der Waals surface area (Å²) in [6.07, 6.45) is 9.44. The minimum atomic E-state index is -3.82. The van der Waals surface area contributed by atoms with E-state index in [2.05, 4.69) is 69.2 Å². The number of rotatable bonds is 18. The summed E-state index contributed by atoms with van der Waals surface area (Å²) in [7, 11) is -4.29. The van der Waals surface area contributed by atoms with E-state index in [1.165, 1.54) is 51.8 Å². The quantitative estimate of drug-likeness (QED) is 0.122. The Morgan fingerprint density at radius 2 is 1.49 bits per heavy atom. The van der Waals surface area contributed by atoms with Gasteiger partial charge in [0, 0.05) is 0 Å². The van der Waals surface area contributed by atoms with Gasteiger partial charge in [0.15, 0.2) is 0 Å². The van der Waals surface area contributed by atoms with E-state index in [-0.39, 0.29) is 5.04 Å². The summed E-state index contributed by atoms with van der Waals surface area (Å²) in [5.74, 6) is 0.703. The van der Waals surface area contributed by atoms with Crippen molar-refractivity contribution in [1.29, 1.82) is 0 Å². The van der Waals surface area contributed by atoms with Crippen molar-refractivity contribution in [2.24, 2.45) is 0 Å². The van der Waals surface area contributed by atoms with E-state index in [9.17, 15) is 8.42 Å². The molecule has 8 heteroatoms. The molecule has 0 saturated carbocycles. The number of benzene rings is 1. The zero-order chi connectivity index (χ0) is 31.5. The van der Waals surface area contributed by atoms with E-state index in [0.29, 0.717) is 28.4 Å². The fourth-order valence-electron chi connectivity index (χ4n) is 5.05. The molecule has 0 aliphatic carbocycles. The predicted molar refractivity (Wildman–Crippen MR) is 182 cm³/mol. The third kappa shape index (κ3) is 11.5. The van der Waals surface area contributed by atoms with Gasteiger partial charge in [-0.05, 0) is 0 Å². The number of aryl methyl sites for hydroxylation is 1.